The zero-order valence-corrected chi connectivity index (χ0v) is 8.45. The van der Waals surface area contributed by atoms with Crippen LogP contribution in [0.25, 0.3) is 0 Å². The van der Waals surface area contributed by atoms with Gasteiger partial charge in [0.15, 0.2) is 0 Å². The van der Waals surface area contributed by atoms with Crippen LogP contribution in [-0.2, 0) is 0 Å². The van der Waals surface area contributed by atoms with Crippen LogP contribution in [-0.4, -0.2) is 6.54 Å². The van der Waals surface area contributed by atoms with Crippen molar-refractivity contribution in [3.05, 3.63) is 11.3 Å². The normalized spacial score (nSPS) is 14.7. The van der Waals surface area contributed by atoms with E-state index in [1.165, 1.54) is 50.8 Å². The maximum atomic E-state index is 3.55. The third-order valence-electron chi connectivity index (χ3n) is 2.40. The fourth-order valence-corrected chi connectivity index (χ4v) is 1.48. The Kier molecular flexibility index (Phi) is 4.20. The second kappa shape index (κ2) is 5.23. The van der Waals surface area contributed by atoms with Crippen LogP contribution in [0.5, 0.6) is 0 Å². The SMILES string of the molecule is CCCCCNC(CC)=C1CC1. The van der Waals surface area contributed by atoms with Crippen LogP contribution in [0.4, 0.5) is 0 Å². The van der Waals surface area contributed by atoms with Gasteiger partial charge in [0.25, 0.3) is 0 Å². The molecule has 1 aliphatic carbocycles. The summed E-state index contributed by atoms with van der Waals surface area (Å²) >= 11 is 0. The van der Waals surface area contributed by atoms with E-state index in [0.717, 1.165) is 0 Å². The first-order chi connectivity index (χ1) is 5.88. The van der Waals surface area contributed by atoms with Gasteiger partial charge in [-0.05, 0) is 25.7 Å². The van der Waals surface area contributed by atoms with E-state index in [-0.39, 0.29) is 0 Å². The summed E-state index contributed by atoms with van der Waals surface area (Å²) in [6.45, 7) is 5.67. The molecule has 0 atom stereocenters. The molecule has 1 aliphatic rings. The summed E-state index contributed by atoms with van der Waals surface area (Å²) in [5.74, 6) is 0. The van der Waals surface area contributed by atoms with Gasteiger partial charge in [0.2, 0.25) is 0 Å². The number of nitrogens with one attached hydrogen (secondary N) is 1. The molecule has 0 radical (unpaired) electrons. The highest BCUT2D eigenvalue weighted by Gasteiger charge is 2.15. The van der Waals surface area contributed by atoms with E-state index in [9.17, 15) is 0 Å². The molecule has 0 saturated heterocycles. The average Bonchev–Trinajstić information content (AvgIpc) is 2.88. The highest BCUT2D eigenvalue weighted by atomic mass is 14.9. The van der Waals surface area contributed by atoms with Crippen LogP contribution >= 0.6 is 0 Å². The first kappa shape index (κ1) is 9.63. The first-order valence-electron chi connectivity index (χ1n) is 5.33. The second-order valence-corrected chi connectivity index (χ2v) is 3.57. The fraction of sp³-hybridized carbons (Fsp3) is 0.818. The molecule has 1 fully saturated rings. The van der Waals surface area contributed by atoms with Crippen molar-refractivity contribution < 1.29 is 0 Å². The van der Waals surface area contributed by atoms with E-state index in [1.807, 2.05) is 0 Å². The molecule has 1 rings (SSSR count). The summed E-state index contributed by atoms with van der Waals surface area (Å²) < 4.78 is 0. The molecule has 1 nitrogen and oxygen atoms in total. The Morgan fingerprint density at radius 2 is 2.00 bits per heavy atom. The fourth-order valence-electron chi connectivity index (χ4n) is 1.48. The van der Waals surface area contributed by atoms with Crippen LogP contribution in [0.15, 0.2) is 11.3 Å². The van der Waals surface area contributed by atoms with Gasteiger partial charge in [0, 0.05) is 12.2 Å². The molecular formula is C11H21N. The van der Waals surface area contributed by atoms with Crippen LogP contribution < -0.4 is 5.32 Å². The number of rotatable bonds is 6. The lowest BCUT2D eigenvalue weighted by molar-refractivity contribution is 0.655. The van der Waals surface area contributed by atoms with E-state index in [0.29, 0.717) is 0 Å². The summed E-state index contributed by atoms with van der Waals surface area (Å²) in [4.78, 5) is 0. The van der Waals surface area contributed by atoms with Crippen molar-refractivity contribution in [2.24, 2.45) is 0 Å². The summed E-state index contributed by atoms with van der Waals surface area (Å²) in [5, 5.41) is 3.55. The Labute approximate surface area is 76.2 Å². The van der Waals surface area contributed by atoms with Gasteiger partial charge in [-0.3, -0.25) is 0 Å². The molecule has 1 saturated carbocycles. The molecule has 0 spiro atoms. The smallest absolute Gasteiger partial charge is 0.0143 e. The van der Waals surface area contributed by atoms with Gasteiger partial charge < -0.3 is 5.32 Å². The topological polar surface area (TPSA) is 12.0 Å². The Bertz CT molecular complexity index is 152. The molecule has 0 unspecified atom stereocenters. The summed E-state index contributed by atoms with van der Waals surface area (Å²) in [6.07, 6.45) is 7.90. The maximum absolute atomic E-state index is 3.55. The molecule has 12 heavy (non-hydrogen) atoms. The summed E-state index contributed by atoms with van der Waals surface area (Å²) in [5.41, 5.74) is 3.21. The van der Waals surface area contributed by atoms with Crippen LogP contribution in [0.1, 0.15) is 52.4 Å². The van der Waals surface area contributed by atoms with Gasteiger partial charge in [0.1, 0.15) is 0 Å². The Morgan fingerprint density at radius 1 is 1.25 bits per heavy atom. The zero-order valence-electron chi connectivity index (χ0n) is 8.45. The quantitative estimate of drug-likeness (QED) is 0.599. The number of hydrogen-bond acceptors (Lipinski definition) is 1. The van der Waals surface area contributed by atoms with E-state index in [4.69, 9.17) is 0 Å². The van der Waals surface area contributed by atoms with Crippen molar-refractivity contribution in [1.82, 2.24) is 5.32 Å². The second-order valence-electron chi connectivity index (χ2n) is 3.57. The highest BCUT2D eigenvalue weighted by molar-refractivity contribution is 5.23. The molecule has 1 heteroatoms. The van der Waals surface area contributed by atoms with Gasteiger partial charge in [-0.1, -0.05) is 32.3 Å². The lowest BCUT2D eigenvalue weighted by Gasteiger charge is -2.07. The average molecular weight is 167 g/mol. The Morgan fingerprint density at radius 3 is 2.50 bits per heavy atom. The molecule has 1 N–H and O–H groups in total. The molecular weight excluding hydrogens is 146 g/mol. The number of unbranched alkanes of at least 4 members (excludes halogenated alkanes) is 2. The third kappa shape index (κ3) is 3.29. The summed E-state index contributed by atoms with van der Waals surface area (Å²) in [6, 6.07) is 0. The molecule has 0 aromatic rings. The van der Waals surface area contributed by atoms with Crippen molar-refractivity contribution in [3.63, 3.8) is 0 Å². The lowest BCUT2D eigenvalue weighted by Crippen LogP contribution is -2.14. The molecule has 0 bridgehead atoms. The minimum atomic E-state index is 1.18. The number of hydrogen-bond donors (Lipinski definition) is 1. The number of allylic oxidation sites excluding steroid dienone is 2. The van der Waals surface area contributed by atoms with Crippen molar-refractivity contribution in [2.45, 2.75) is 52.4 Å². The third-order valence-corrected chi connectivity index (χ3v) is 2.40. The first-order valence-corrected chi connectivity index (χ1v) is 5.33. The van der Waals surface area contributed by atoms with Crippen molar-refractivity contribution in [2.75, 3.05) is 6.54 Å². The van der Waals surface area contributed by atoms with E-state index in [1.54, 1.807) is 5.57 Å². The summed E-state index contributed by atoms with van der Waals surface area (Å²) in [7, 11) is 0. The van der Waals surface area contributed by atoms with Crippen LogP contribution in [0, 0.1) is 0 Å². The Hall–Kier alpha value is -0.460. The minimum absolute atomic E-state index is 1.18. The van der Waals surface area contributed by atoms with Crippen molar-refractivity contribution >= 4 is 0 Å². The molecule has 70 valence electrons. The van der Waals surface area contributed by atoms with Crippen LogP contribution in [0.2, 0.25) is 0 Å². The highest BCUT2D eigenvalue weighted by Crippen LogP contribution is 2.31. The molecule has 0 heterocycles. The van der Waals surface area contributed by atoms with E-state index in [2.05, 4.69) is 19.2 Å². The van der Waals surface area contributed by atoms with E-state index >= 15 is 0 Å². The van der Waals surface area contributed by atoms with Crippen LogP contribution in [0.3, 0.4) is 0 Å². The van der Waals surface area contributed by atoms with Gasteiger partial charge >= 0.3 is 0 Å². The monoisotopic (exact) mass is 167 g/mol. The van der Waals surface area contributed by atoms with Gasteiger partial charge in [-0.25, -0.2) is 0 Å². The maximum Gasteiger partial charge on any atom is 0.0143 e. The van der Waals surface area contributed by atoms with Crippen molar-refractivity contribution in [1.29, 1.82) is 0 Å². The standard InChI is InChI=1S/C11H21N/c1-3-5-6-9-12-11(4-2)10-7-8-10/h12H,3-9H2,1-2H3. The predicted molar refractivity (Wildman–Crippen MR) is 54.1 cm³/mol. The molecule has 0 aliphatic heterocycles. The Balaban J connectivity index is 2.08. The van der Waals surface area contributed by atoms with Gasteiger partial charge in [-0.2, -0.15) is 0 Å². The zero-order chi connectivity index (χ0) is 8.81. The molecule has 0 amide bonds. The van der Waals surface area contributed by atoms with Gasteiger partial charge in [-0.15, -0.1) is 0 Å². The van der Waals surface area contributed by atoms with E-state index < -0.39 is 0 Å². The largest absolute Gasteiger partial charge is 0.388 e. The predicted octanol–water partition coefficient (Wildman–Crippen LogP) is 3.22. The minimum Gasteiger partial charge on any atom is -0.388 e. The van der Waals surface area contributed by atoms with Gasteiger partial charge in [0.05, 0.1) is 0 Å². The van der Waals surface area contributed by atoms with Crippen molar-refractivity contribution in [3.8, 4) is 0 Å². The lowest BCUT2D eigenvalue weighted by atomic mass is 10.2. The molecule has 0 aromatic carbocycles. The molecule has 0 aromatic heterocycles.